The molecule has 1 aromatic heterocycles. The number of hydrogen-bond donors (Lipinski definition) is 2. The molecule has 0 aliphatic heterocycles. The lowest BCUT2D eigenvalue weighted by Gasteiger charge is -2.08. The fourth-order valence-corrected chi connectivity index (χ4v) is 1.72. The summed E-state index contributed by atoms with van der Waals surface area (Å²) in [5.74, 6) is -1.69. The number of hydrogen-bond acceptors (Lipinski definition) is 7. The molecule has 0 saturated heterocycles. The van der Waals surface area contributed by atoms with E-state index in [1.165, 1.54) is 19.2 Å². The standard InChI is InChI=1S/C15H13F4N5O2/c1-8-11(16)2-3-12(13(8)17)21-4-9(24-20)7-25-15-22-5-10(6-23-15)26-14(18)19/h2-6,14,20-21H,7H2,1H3/b9-4-,24-20?. The van der Waals surface area contributed by atoms with Gasteiger partial charge in [0.2, 0.25) is 0 Å². The number of halogens is 4. The third kappa shape index (κ3) is 5.13. The first-order valence-electron chi connectivity index (χ1n) is 7.08. The minimum atomic E-state index is -3.00. The predicted octanol–water partition coefficient (Wildman–Crippen LogP) is 4.03. The van der Waals surface area contributed by atoms with Crippen molar-refractivity contribution in [2.45, 2.75) is 13.5 Å². The second kappa shape index (κ2) is 8.74. The molecule has 7 nitrogen and oxygen atoms in total. The summed E-state index contributed by atoms with van der Waals surface area (Å²) >= 11 is 0. The summed E-state index contributed by atoms with van der Waals surface area (Å²) in [5, 5.41) is 5.75. The molecule has 2 aromatic rings. The van der Waals surface area contributed by atoms with E-state index in [0.29, 0.717) is 0 Å². The maximum absolute atomic E-state index is 13.9. The number of ether oxygens (including phenoxy) is 2. The van der Waals surface area contributed by atoms with Gasteiger partial charge in [0, 0.05) is 11.8 Å². The Balaban J connectivity index is 1.97. The monoisotopic (exact) mass is 371 g/mol. The molecule has 0 aliphatic rings. The van der Waals surface area contributed by atoms with Gasteiger partial charge in [-0.2, -0.15) is 23.9 Å². The third-order valence-corrected chi connectivity index (χ3v) is 3.04. The lowest BCUT2D eigenvalue weighted by atomic mass is 10.2. The minimum Gasteiger partial charge on any atom is -0.457 e. The Labute approximate surface area is 145 Å². The van der Waals surface area contributed by atoms with Crippen molar-refractivity contribution < 1.29 is 27.0 Å². The average molecular weight is 371 g/mol. The summed E-state index contributed by atoms with van der Waals surface area (Å²) in [6.07, 6.45) is 3.17. The van der Waals surface area contributed by atoms with Crippen LogP contribution in [-0.4, -0.2) is 23.2 Å². The molecule has 0 amide bonds. The van der Waals surface area contributed by atoms with E-state index in [1.807, 2.05) is 0 Å². The zero-order valence-electron chi connectivity index (χ0n) is 13.3. The highest BCUT2D eigenvalue weighted by Crippen LogP contribution is 2.20. The second-order valence-corrected chi connectivity index (χ2v) is 4.79. The van der Waals surface area contributed by atoms with Gasteiger partial charge in [-0.15, -0.1) is 0 Å². The predicted molar refractivity (Wildman–Crippen MR) is 82.1 cm³/mol. The van der Waals surface area contributed by atoms with Crippen molar-refractivity contribution in [3.8, 4) is 11.8 Å². The molecule has 1 aromatic carbocycles. The molecule has 2 rings (SSSR count). The molecule has 0 atom stereocenters. The molecule has 0 spiro atoms. The number of alkyl halides is 2. The highest BCUT2D eigenvalue weighted by atomic mass is 19.3. The Morgan fingerprint density at radius 1 is 1.31 bits per heavy atom. The smallest absolute Gasteiger partial charge is 0.387 e. The van der Waals surface area contributed by atoms with Crippen LogP contribution < -0.4 is 14.8 Å². The van der Waals surface area contributed by atoms with Gasteiger partial charge >= 0.3 is 12.6 Å². The topological polar surface area (TPSA) is 92.5 Å². The molecular formula is C15H13F4N5O2. The summed E-state index contributed by atoms with van der Waals surface area (Å²) in [4.78, 5) is 7.30. The normalized spacial score (nSPS) is 11.4. The number of anilines is 1. The highest BCUT2D eigenvalue weighted by molar-refractivity contribution is 5.50. The SMILES string of the molecule is Cc1c(F)ccc(N/C=C(/COc2ncc(OC(F)F)cn2)N=N)c1F. The summed E-state index contributed by atoms with van der Waals surface area (Å²) < 4.78 is 60.3. The maximum Gasteiger partial charge on any atom is 0.387 e. The largest absolute Gasteiger partial charge is 0.457 e. The van der Waals surface area contributed by atoms with Crippen LogP contribution in [0.5, 0.6) is 11.8 Å². The van der Waals surface area contributed by atoms with E-state index in [9.17, 15) is 17.6 Å². The first kappa shape index (κ1) is 19.1. The van der Waals surface area contributed by atoms with Crippen molar-refractivity contribution in [3.05, 3.63) is 53.6 Å². The fraction of sp³-hybridized carbons (Fsp3) is 0.200. The van der Waals surface area contributed by atoms with Crippen molar-refractivity contribution in [2.24, 2.45) is 5.11 Å². The fourth-order valence-electron chi connectivity index (χ4n) is 1.72. The van der Waals surface area contributed by atoms with E-state index in [-0.39, 0.29) is 35.3 Å². The van der Waals surface area contributed by atoms with Gasteiger partial charge in [-0.05, 0) is 19.1 Å². The Kier molecular flexibility index (Phi) is 6.42. The van der Waals surface area contributed by atoms with Crippen LogP contribution in [0, 0.1) is 24.1 Å². The lowest BCUT2D eigenvalue weighted by molar-refractivity contribution is -0.0504. The Morgan fingerprint density at radius 3 is 2.62 bits per heavy atom. The zero-order chi connectivity index (χ0) is 19.1. The van der Waals surface area contributed by atoms with Crippen molar-refractivity contribution in [2.75, 3.05) is 11.9 Å². The minimum absolute atomic E-state index is 0.00481. The van der Waals surface area contributed by atoms with Crippen LogP contribution in [0.1, 0.15) is 5.56 Å². The summed E-state index contributed by atoms with van der Waals surface area (Å²) in [6.45, 7) is -1.96. The number of benzene rings is 1. The molecular weight excluding hydrogens is 358 g/mol. The Hall–Kier alpha value is -3.24. The first-order valence-corrected chi connectivity index (χ1v) is 7.08. The van der Waals surface area contributed by atoms with Crippen LogP contribution in [-0.2, 0) is 0 Å². The van der Waals surface area contributed by atoms with Crippen LogP contribution in [0.15, 0.2) is 41.5 Å². The zero-order valence-corrected chi connectivity index (χ0v) is 13.3. The van der Waals surface area contributed by atoms with Gasteiger partial charge in [-0.1, -0.05) is 0 Å². The van der Waals surface area contributed by atoms with Crippen molar-refractivity contribution in [1.82, 2.24) is 9.97 Å². The summed E-state index contributed by atoms with van der Waals surface area (Å²) in [7, 11) is 0. The van der Waals surface area contributed by atoms with Gasteiger partial charge in [0.25, 0.3) is 0 Å². The highest BCUT2D eigenvalue weighted by Gasteiger charge is 2.10. The number of nitrogens with zero attached hydrogens (tertiary/aromatic N) is 3. The maximum atomic E-state index is 13.9. The van der Waals surface area contributed by atoms with E-state index >= 15 is 0 Å². The number of aromatic nitrogens is 2. The average Bonchev–Trinajstić information content (AvgIpc) is 2.62. The van der Waals surface area contributed by atoms with Crippen LogP contribution in [0.25, 0.3) is 0 Å². The van der Waals surface area contributed by atoms with Crippen molar-refractivity contribution >= 4 is 5.69 Å². The summed E-state index contributed by atoms with van der Waals surface area (Å²) in [6, 6.07) is 2.13. The second-order valence-electron chi connectivity index (χ2n) is 4.79. The lowest BCUT2D eigenvalue weighted by Crippen LogP contribution is -2.06. The molecule has 2 N–H and O–H groups in total. The quantitative estimate of drug-likeness (QED) is 0.540. The molecule has 26 heavy (non-hydrogen) atoms. The van der Waals surface area contributed by atoms with Gasteiger partial charge in [-0.3, -0.25) is 0 Å². The molecule has 0 unspecified atom stereocenters. The van der Waals surface area contributed by atoms with E-state index in [0.717, 1.165) is 18.5 Å². The van der Waals surface area contributed by atoms with Gasteiger partial charge in [0.1, 0.15) is 18.1 Å². The molecule has 0 aliphatic carbocycles. The summed E-state index contributed by atoms with van der Waals surface area (Å²) in [5.41, 5.74) is 6.96. The van der Waals surface area contributed by atoms with E-state index in [2.05, 4.69) is 25.1 Å². The molecule has 0 saturated carbocycles. The first-order chi connectivity index (χ1) is 12.4. The number of rotatable bonds is 8. The molecule has 0 bridgehead atoms. The van der Waals surface area contributed by atoms with Gasteiger partial charge in [-0.25, -0.2) is 14.3 Å². The molecule has 1 heterocycles. The van der Waals surface area contributed by atoms with Crippen LogP contribution in [0.2, 0.25) is 0 Å². The molecule has 138 valence electrons. The van der Waals surface area contributed by atoms with Crippen LogP contribution in [0.4, 0.5) is 23.2 Å². The van der Waals surface area contributed by atoms with Gasteiger partial charge in [0.05, 0.1) is 18.1 Å². The van der Waals surface area contributed by atoms with E-state index < -0.39 is 18.2 Å². The van der Waals surface area contributed by atoms with Gasteiger partial charge in [0.15, 0.2) is 11.6 Å². The van der Waals surface area contributed by atoms with Crippen molar-refractivity contribution in [1.29, 1.82) is 5.53 Å². The molecule has 0 radical (unpaired) electrons. The van der Waals surface area contributed by atoms with Gasteiger partial charge < -0.3 is 14.8 Å². The third-order valence-electron chi connectivity index (χ3n) is 3.04. The van der Waals surface area contributed by atoms with Crippen LogP contribution >= 0.6 is 0 Å². The Morgan fingerprint density at radius 2 is 2.00 bits per heavy atom. The van der Waals surface area contributed by atoms with Crippen molar-refractivity contribution in [3.63, 3.8) is 0 Å². The Bertz CT molecular complexity index is 799. The van der Waals surface area contributed by atoms with Crippen LogP contribution in [0.3, 0.4) is 0 Å². The number of nitrogens with one attached hydrogen (secondary N) is 2. The molecule has 11 heteroatoms. The van der Waals surface area contributed by atoms with E-state index in [4.69, 9.17) is 10.3 Å². The van der Waals surface area contributed by atoms with E-state index in [1.54, 1.807) is 0 Å². The molecule has 0 fully saturated rings.